The number of hydrogen-bond donors (Lipinski definition) is 2. The lowest BCUT2D eigenvalue weighted by atomic mass is 10.2. The fourth-order valence-corrected chi connectivity index (χ4v) is 4.24. The van der Waals surface area contributed by atoms with E-state index in [-0.39, 0.29) is 24.1 Å². The van der Waals surface area contributed by atoms with Crippen LogP contribution in [0.4, 0.5) is 0 Å². The van der Waals surface area contributed by atoms with Crippen LogP contribution in [-0.4, -0.2) is 33.9 Å². The van der Waals surface area contributed by atoms with Crippen LogP contribution in [0.1, 0.15) is 32.6 Å². The number of ether oxygens (including phenoxy) is 1. The van der Waals surface area contributed by atoms with Crippen molar-refractivity contribution in [3.05, 3.63) is 33.8 Å². The zero-order valence-electron chi connectivity index (χ0n) is 11.6. The zero-order valence-corrected chi connectivity index (χ0v) is 13.2. The fraction of sp³-hybridized carbons (Fsp3) is 0.231. The first kappa shape index (κ1) is 14.7. The molecule has 3 aromatic rings. The molecular formula is C13H12N4O3S2. The Bertz CT molecular complexity index is 807. The minimum absolute atomic E-state index is 0.204. The molecule has 3 heterocycles. The number of hydrogen-bond acceptors (Lipinski definition) is 7. The van der Waals surface area contributed by atoms with Crippen LogP contribution in [-0.2, 0) is 11.3 Å². The molecule has 0 aliphatic carbocycles. The van der Waals surface area contributed by atoms with E-state index in [9.17, 15) is 9.59 Å². The first-order valence-electron chi connectivity index (χ1n) is 6.50. The van der Waals surface area contributed by atoms with Crippen molar-refractivity contribution >= 4 is 43.9 Å². The number of rotatable bonds is 5. The Balaban J connectivity index is 1.85. The van der Waals surface area contributed by atoms with E-state index >= 15 is 0 Å². The van der Waals surface area contributed by atoms with E-state index in [1.54, 1.807) is 6.92 Å². The van der Waals surface area contributed by atoms with Crippen LogP contribution < -0.4 is 5.32 Å². The van der Waals surface area contributed by atoms with Gasteiger partial charge in [0.15, 0.2) is 5.69 Å². The molecule has 114 valence electrons. The van der Waals surface area contributed by atoms with Crippen molar-refractivity contribution in [1.29, 1.82) is 0 Å². The minimum atomic E-state index is -0.360. The Labute approximate surface area is 133 Å². The van der Waals surface area contributed by atoms with Gasteiger partial charge in [0, 0.05) is 16.8 Å². The van der Waals surface area contributed by atoms with E-state index in [0.717, 1.165) is 15.0 Å². The van der Waals surface area contributed by atoms with Crippen molar-refractivity contribution < 1.29 is 14.3 Å². The molecule has 0 saturated heterocycles. The molecule has 0 bridgehead atoms. The summed E-state index contributed by atoms with van der Waals surface area (Å²) >= 11 is 2.91. The van der Waals surface area contributed by atoms with Gasteiger partial charge in [-0.2, -0.15) is 15.4 Å². The summed E-state index contributed by atoms with van der Waals surface area (Å²) in [7, 11) is 0. The highest BCUT2D eigenvalue weighted by molar-refractivity contribution is 7.28. The highest BCUT2D eigenvalue weighted by Crippen LogP contribution is 2.35. The molecule has 0 aromatic carbocycles. The van der Waals surface area contributed by atoms with Gasteiger partial charge in [-0.1, -0.05) is 0 Å². The number of aromatic nitrogens is 3. The smallest absolute Gasteiger partial charge is 0.348 e. The lowest BCUT2D eigenvalue weighted by molar-refractivity contribution is 0.0530. The molecule has 0 fully saturated rings. The van der Waals surface area contributed by atoms with Crippen LogP contribution in [0.2, 0.25) is 0 Å². The number of H-pyrrole nitrogens is 1. The topological polar surface area (TPSA) is 97.0 Å². The monoisotopic (exact) mass is 336 g/mol. The Kier molecular flexibility index (Phi) is 4.16. The van der Waals surface area contributed by atoms with E-state index in [0.29, 0.717) is 11.5 Å². The predicted octanol–water partition coefficient (Wildman–Crippen LogP) is 2.19. The summed E-state index contributed by atoms with van der Waals surface area (Å²) in [4.78, 5) is 24.5. The van der Waals surface area contributed by atoms with Gasteiger partial charge in [0.25, 0.3) is 5.91 Å². The Morgan fingerprint density at radius 2 is 2.32 bits per heavy atom. The third-order valence-corrected chi connectivity index (χ3v) is 5.20. The van der Waals surface area contributed by atoms with Crippen LogP contribution in [0.25, 0.3) is 9.40 Å². The highest BCUT2D eigenvalue weighted by atomic mass is 32.1. The highest BCUT2D eigenvalue weighted by Gasteiger charge is 2.21. The quantitative estimate of drug-likeness (QED) is 0.696. The molecular weight excluding hydrogens is 324 g/mol. The standard InChI is InChI=1S/C13H12N4O3S2/c1-2-20-13(19)11-7(10-9(22-11)3-4-21-10)5-14-12(18)8-6-15-17-16-8/h3-4,6H,2,5H2,1H3,(H,14,18)(H,15,16,17). The molecule has 0 aliphatic heterocycles. The number of carbonyl (C=O) groups is 2. The van der Waals surface area contributed by atoms with Crippen molar-refractivity contribution in [2.75, 3.05) is 6.61 Å². The van der Waals surface area contributed by atoms with E-state index in [4.69, 9.17) is 4.74 Å². The van der Waals surface area contributed by atoms with Crippen molar-refractivity contribution in [2.24, 2.45) is 0 Å². The molecule has 0 aliphatic rings. The summed E-state index contributed by atoms with van der Waals surface area (Å²) in [5.41, 5.74) is 0.987. The number of amides is 1. The van der Waals surface area contributed by atoms with Crippen LogP contribution in [0.5, 0.6) is 0 Å². The Hall–Kier alpha value is -2.26. The van der Waals surface area contributed by atoms with Gasteiger partial charge >= 0.3 is 5.97 Å². The van der Waals surface area contributed by atoms with E-state index in [2.05, 4.69) is 20.7 Å². The predicted molar refractivity (Wildman–Crippen MR) is 83.2 cm³/mol. The number of thiophene rings is 2. The van der Waals surface area contributed by atoms with E-state index < -0.39 is 0 Å². The van der Waals surface area contributed by atoms with E-state index in [1.807, 2.05) is 11.4 Å². The fourth-order valence-electron chi connectivity index (χ4n) is 1.96. The SMILES string of the molecule is CCOC(=O)c1sc2ccsc2c1CNC(=O)c1cn[nH]n1. The maximum absolute atomic E-state index is 12.1. The molecule has 3 rings (SSSR count). The molecule has 0 atom stereocenters. The van der Waals surface area contributed by atoms with Gasteiger partial charge in [-0.25, -0.2) is 4.79 Å². The molecule has 0 saturated carbocycles. The first-order chi connectivity index (χ1) is 10.7. The lowest BCUT2D eigenvalue weighted by Gasteiger charge is -2.05. The van der Waals surface area contributed by atoms with Crippen LogP contribution in [0, 0.1) is 0 Å². The third kappa shape index (κ3) is 2.72. The normalized spacial score (nSPS) is 10.8. The van der Waals surface area contributed by atoms with E-state index in [1.165, 1.54) is 28.9 Å². The van der Waals surface area contributed by atoms with Crippen molar-refractivity contribution in [3.63, 3.8) is 0 Å². The van der Waals surface area contributed by atoms with Gasteiger partial charge in [0.05, 0.1) is 17.5 Å². The molecule has 0 spiro atoms. The second-order valence-corrected chi connectivity index (χ2v) is 6.25. The molecule has 2 N–H and O–H groups in total. The molecule has 9 heteroatoms. The van der Waals surface area contributed by atoms with Gasteiger partial charge in [0.2, 0.25) is 0 Å². The summed E-state index contributed by atoms with van der Waals surface area (Å²) in [5.74, 6) is -0.707. The maximum Gasteiger partial charge on any atom is 0.348 e. The Morgan fingerprint density at radius 3 is 3.05 bits per heavy atom. The van der Waals surface area contributed by atoms with Crippen molar-refractivity contribution in [1.82, 2.24) is 20.7 Å². The largest absolute Gasteiger partial charge is 0.462 e. The van der Waals surface area contributed by atoms with Gasteiger partial charge in [-0.15, -0.1) is 22.7 Å². The number of aromatic amines is 1. The van der Waals surface area contributed by atoms with Gasteiger partial charge in [-0.05, 0) is 18.4 Å². The number of nitrogens with zero attached hydrogens (tertiary/aromatic N) is 2. The number of carbonyl (C=O) groups excluding carboxylic acids is 2. The number of fused-ring (bicyclic) bond motifs is 1. The van der Waals surface area contributed by atoms with Crippen LogP contribution in [0.15, 0.2) is 17.6 Å². The van der Waals surface area contributed by atoms with Gasteiger partial charge < -0.3 is 10.1 Å². The summed E-state index contributed by atoms with van der Waals surface area (Å²) in [6, 6.07) is 1.95. The van der Waals surface area contributed by atoms with Crippen LogP contribution in [0.3, 0.4) is 0 Å². The average Bonchev–Trinajstić information content (AvgIpc) is 3.21. The summed E-state index contributed by atoms with van der Waals surface area (Å²) in [5, 5.41) is 14.4. The van der Waals surface area contributed by atoms with Crippen molar-refractivity contribution in [2.45, 2.75) is 13.5 Å². The molecule has 22 heavy (non-hydrogen) atoms. The van der Waals surface area contributed by atoms with Crippen molar-refractivity contribution in [3.8, 4) is 0 Å². The third-order valence-electron chi connectivity index (χ3n) is 2.92. The zero-order chi connectivity index (χ0) is 15.5. The maximum atomic E-state index is 12.1. The number of esters is 1. The lowest BCUT2D eigenvalue weighted by Crippen LogP contribution is -2.24. The van der Waals surface area contributed by atoms with Gasteiger partial charge in [-0.3, -0.25) is 4.79 Å². The second-order valence-electron chi connectivity index (χ2n) is 4.28. The summed E-state index contributed by atoms with van der Waals surface area (Å²) in [6.45, 7) is 2.31. The Morgan fingerprint density at radius 1 is 1.45 bits per heavy atom. The molecule has 1 amide bonds. The first-order valence-corrected chi connectivity index (χ1v) is 8.20. The second kappa shape index (κ2) is 6.24. The summed E-state index contributed by atoms with van der Waals surface area (Å²) < 4.78 is 7.09. The average molecular weight is 336 g/mol. The summed E-state index contributed by atoms with van der Waals surface area (Å²) in [6.07, 6.45) is 1.34. The molecule has 0 unspecified atom stereocenters. The number of nitrogens with one attached hydrogen (secondary N) is 2. The van der Waals surface area contributed by atoms with Crippen LogP contribution >= 0.6 is 22.7 Å². The minimum Gasteiger partial charge on any atom is -0.462 e. The molecule has 3 aromatic heterocycles. The van der Waals surface area contributed by atoms with Gasteiger partial charge in [0.1, 0.15) is 4.88 Å². The molecule has 0 radical (unpaired) electrons. The molecule has 7 nitrogen and oxygen atoms in total.